The molecule has 1 aliphatic rings. The molecule has 2 N–H and O–H groups in total. The highest BCUT2D eigenvalue weighted by Gasteiger charge is 2.24. The molecule has 5 heteroatoms. The van der Waals surface area contributed by atoms with Gasteiger partial charge in [-0.2, -0.15) is 0 Å². The summed E-state index contributed by atoms with van der Waals surface area (Å²) in [5.74, 6) is 0.0757. The van der Waals surface area contributed by atoms with Gasteiger partial charge < -0.3 is 15.3 Å². The fraction of sp³-hybridized carbons (Fsp3) is 0.263. The number of likely N-dealkylation sites (tertiary alicyclic amines) is 1. The highest BCUT2D eigenvalue weighted by molar-refractivity contribution is 6.04. The fourth-order valence-corrected chi connectivity index (χ4v) is 3.05. The van der Waals surface area contributed by atoms with Crippen molar-refractivity contribution in [3.8, 4) is 0 Å². The van der Waals surface area contributed by atoms with Crippen LogP contribution in [-0.4, -0.2) is 35.1 Å². The average Bonchev–Trinajstić information content (AvgIpc) is 2.63. The van der Waals surface area contributed by atoms with Gasteiger partial charge in [0.05, 0.1) is 0 Å². The number of carbonyl (C=O) groups is 2. The number of nitrogens with one attached hydrogen (secondary N) is 1. The number of carboxylic acid groups (broad SMARTS) is 1. The maximum atomic E-state index is 12.1. The lowest BCUT2D eigenvalue weighted by Gasteiger charge is -2.31. The summed E-state index contributed by atoms with van der Waals surface area (Å²) in [6.45, 7) is 1.14. The van der Waals surface area contributed by atoms with E-state index >= 15 is 0 Å². The number of rotatable bonds is 3. The molecule has 3 rings (SSSR count). The summed E-state index contributed by atoms with van der Waals surface area (Å²) in [6, 6.07) is 16.7. The summed E-state index contributed by atoms with van der Waals surface area (Å²) < 4.78 is 0. The molecule has 1 unspecified atom stereocenters. The van der Waals surface area contributed by atoms with E-state index in [9.17, 15) is 9.59 Å². The first kappa shape index (κ1) is 16.1. The Labute approximate surface area is 140 Å². The first-order valence-electron chi connectivity index (χ1n) is 8.08. The fourth-order valence-electron chi connectivity index (χ4n) is 3.05. The molecule has 1 atom stereocenters. The number of hydrogen-bond acceptors (Lipinski definition) is 2. The zero-order chi connectivity index (χ0) is 16.9. The van der Waals surface area contributed by atoms with E-state index in [2.05, 4.69) is 5.32 Å². The molecule has 2 aromatic rings. The molecule has 0 saturated carbocycles. The first-order chi connectivity index (χ1) is 11.6. The molecule has 124 valence electrons. The Balaban J connectivity index is 1.65. The van der Waals surface area contributed by atoms with Gasteiger partial charge >= 0.3 is 6.09 Å². The molecule has 2 aromatic carbocycles. The van der Waals surface area contributed by atoms with E-state index in [-0.39, 0.29) is 11.8 Å². The van der Waals surface area contributed by atoms with E-state index in [1.54, 1.807) is 12.1 Å². The van der Waals surface area contributed by atoms with Crippen LogP contribution in [0, 0.1) is 0 Å². The van der Waals surface area contributed by atoms with Crippen molar-refractivity contribution in [2.75, 3.05) is 18.4 Å². The van der Waals surface area contributed by atoms with Crippen molar-refractivity contribution in [3.05, 3.63) is 65.7 Å². The van der Waals surface area contributed by atoms with Crippen molar-refractivity contribution >= 4 is 17.7 Å². The molecule has 0 bridgehead atoms. The number of nitrogens with zero attached hydrogens (tertiary/aromatic N) is 1. The van der Waals surface area contributed by atoms with E-state index in [1.807, 2.05) is 42.5 Å². The van der Waals surface area contributed by atoms with Gasteiger partial charge in [0.1, 0.15) is 0 Å². The zero-order valence-corrected chi connectivity index (χ0v) is 13.3. The van der Waals surface area contributed by atoms with Gasteiger partial charge in [-0.3, -0.25) is 4.79 Å². The first-order valence-corrected chi connectivity index (χ1v) is 8.08. The Bertz CT molecular complexity index is 713. The van der Waals surface area contributed by atoms with Crippen molar-refractivity contribution in [2.45, 2.75) is 18.8 Å². The molecule has 1 heterocycles. The third-order valence-corrected chi connectivity index (χ3v) is 4.37. The number of hydrogen-bond donors (Lipinski definition) is 2. The van der Waals surface area contributed by atoms with Gasteiger partial charge in [-0.1, -0.05) is 30.3 Å². The minimum absolute atomic E-state index is 0.141. The standard InChI is InChI=1S/C19H20N2O3/c22-18(15-5-2-1-3-6-15)20-17-10-8-14(9-11-17)16-7-4-12-21(13-16)19(23)24/h1-3,5-6,8-11,16H,4,7,12-13H2,(H,20,22)(H,23,24). The third-order valence-electron chi connectivity index (χ3n) is 4.37. The summed E-state index contributed by atoms with van der Waals surface area (Å²) in [5, 5.41) is 12.0. The van der Waals surface area contributed by atoms with Crippen LogP contribution >= 0.6 is 0 Å². The molecule has 24 heavy (non-hydrogen) atoms. The van der Waals surface area contributed by atoms with Crippen molar-refractivity contribution in [3.63, 3.8) is 0 Å². The number of anilines is 1. The SMILES string of the molecule is O=C(Nc1ccc(C2CCCN(C(=O)O)C2)cc1)c1ccccc1. The van der Waals surface area contributed by atoms with Crippen molar-refractivity contribution in [1.82, 2.24) is 4.90 Å². The Morgan fingerprint density at radius 1 is 1.04 bits per heavy atom. The summed E-state index contributed by atoms with van der Waals surface area (Å²) in [7, 11) is 0. The second-order valence-electron chi connectivity index (χ2n) is 6.01. The zero-order valence-electron chi connectivity index (χ0n) is 13.3. The number of amides is 2. The summed E-state index contributed by atoms with van der Waals surface area (Å²) in [4.78, 5) is 24.7. The van der Waals surface area contributed by atoms with E-state index < -0.39 is 6.09 Å². The number of benzene rings is 2. The quantitative estimate of drug-likeness (QED) is 0.902. The second kappa shape index (κ2) is 7.17. The number of piperidine rings is 1. The van der Waals surface area contributed by atoms with Crippen LogP contribution in [0.25, 0.3) is 0 Å². The molecule has 1 aliphatic heterocycles. The van der Waals surface area contributed by atoms with Crippen LogP contribution in [0.1, 0.15) is 34.7 Å². The minimum Gasteiger partial charge on any atom is -0.465 e. The van der Waals surface area contributed by atoms with Gasteiger partial charge in [0, 0.05) is 30.3 Å². The Kier molecular flexibility index (Phi) is 4.79. The van der Waals surface area contributed by atoms with Gasteiger partial charge in [0.15, 0.2) is 0 Å². The van der Waals surface area contributed by atoms with Crippen LogP contribution < -0.4 is 5.32 Å². The highest BCUT2D eigenvalue weighted by Crippen LogP contribution is 2.27. The maximum Gasteiger partial charge on any atom is 0.407 e. The molecule has 1 fully saturated rings. The van der Waals surface area contributed by atoms with Crippen LogP contribution in [0.15, 0.2) is 54.6 Å². The van der Waals surface area contributed by atoms with E-state index in [0.717, 1.165) is 24.1 Å². The van der Waals surface area contributed by atoms with Gasteiger partial charge in [0.2, 0.25) is 0 Å². The Morgan fingerprint density at radius 3 is 2.42 bits per heavy atom. The van der Waals surface area contributed by atoms with Gasteiger partial charge in [-0.15, -0.1) is 0 Å². The van der Waals surface area contributed by atoms with Gasteiger partial charge in [-0.25, -0.2) is 4.79 Å². The molecule has 1 saturated heterocycles. The molecule has 0 aromatic heterocycles. The van der Waals surface area contributed by atoms with Gasteiger partial charge in [-0.05, 0) is 42.7 Å². The van der Waals surface area contributed by atoms with Crippen LogP contribution in [0.2, 0.25) is 0 Å². The number of carbonyl (C=O) groups excluding carboxylic acids is 1. The maximum absolute atomic E-state index is 12.1. The lowest BCUT2D eigenvalue weighted by Crippen LogP contribution is -2.38. The van der Waals surface area contributed by atoms with Crippen molar-refractivity contribution in [2.24, 2.45) is 0 Å². The Hall–Kier alpha value is -2.82. The monoisotopic (exact) mass is 324 g/mol. The smallest absolute Gasteiger partial charge is 0.407 e. The predicted molar refractivity (Wildman–Crippen MR) is 92.4 cm³/mol. The molecule has 2 amide bonds. The van der Waals surface area contributed by atoms with Crippen LogP contribution in [0.4, 0.5) is 10.5 Å². The van der Waals surface area contributed by atoms with E-state index in [4.69, 9.17) is 5.11 Å². The molecule has 0 aliphatic carbocycles. The molecule has 0 spiro atoms. The second-order valence-corrected chi connectivity index (χ2v) is 6.01. The van der Waals surface area contributed by atoms with Crippen LogP contribution in [0.3, 0.4) is 0 Å². The topological polar surface area (TPSA) is 69.6 Å². The minimum atomic E-state index is -0.855. The molecule has 5 nitrogen and oxygen atoms in total. The lowest BCUT2D eigenvalue weighted by molar-refractivity contribution is 0.102. The Morgan fingerprint density at radius 2 is 1.75 bits per heavy atom. The molecule has 0 radical (unpaired) electrons. The van der Waals surface area contributed by atoms with E-state index in [0.29, 0.717) is 18.7 Å². The van der Waals surface area contributed by atoms with Crippen molar-refractivity contribution in [1.29, 1.82) is 0 Å². The highest BCUT2D eigenvalue weighted by atomic mass is 16.4. The van der Waals surface area contributed by atoms with Crippen LogP contribution in [0.5, 0.6) is 0 Å². The summed E-state index contributed by atoms with van der Waals surface area (Å²) in [5.41, 5.74) is 2.46. The van der Waals surface area contributed by atoms with Gasteiger partial charge in [0.25, 0.3) is 5.91 Å². The lowest BCUT2D eigenvalue weighted by atomic mass is 9.91. The van der Waals surface area contributed by atoms with E-state index in [1.165, 1.54) is 4.90 Å². The predicted octanol–water partition coefficient (Wildman–Crippen LogP) is 3.80. The van der Waals surface area contributed by atoms with Crippen LogP contribution in [-0.2, 0) is 0 Å². The summed E-state index contributed by atoms with van der Waals surface area (Å²) in [6.07, 6.45) is 1.01. The molecular weight excluding hydrogens is 304 g/mol. The largest absolute Gasteiger partial charge is 0.465 e. The van der Waals surface area contributed by atoms with Crippen molar-refractivity contribution < 1.29 is 14.7 Å². The normalized spacial score (nSPS) is 17.3. The summed E-state index contributed by atoms with van der Waals surface area (Å²) >= 11 is 0. The average molecular weight is 324 g/mol. The molecular formula is C19H20N2O3. The third kappa shape index (κ3) is 3.74.